The number of ether oxygens (including phenoxy) is 2. The summed E-state index contributed by atoms with van der Waals surface area (Å²) in [7, 11) is 0. The van der Waals surface area contributed by atoms with Gasteiger partial charge < -0.3 is 25.6 Å². The van der Waals surface area contributed by atoms with Gasteiger partial charge in [0.2, 0.25) is 0 Å². The maximum Gasteiger partial charge on any atom is 0.407 e. The van der Waals surface area contributed by atoms with Crippen molar-refractivity contribution in [2.75, 3.05) is 0 Å². The van der Waals surface area contributed by atoms with E-state index < -0.39 is 34.8 Å². The van der Waals surface area contributed by atoms with Crippen molar-refractivity contribution in [3.63, 3.8) is 0 Å². The van der Waals surface area contributed by atoms with Gasteiger partial charge in [-0.25, -0.2) is 9.59 Å². The van der Waals surface area contributed by atoms with Gasteiger partial charge in [0.25, 0.3) is 0 Å². The van der Waals surface area contributed by atoms with E-state index in [0.717, 1.165) is 0 Å². The number of nitrogens with two attached hydrogens (primary N) is 1. The highest BCUT2D eigenvalue weighted by atomic mass is 16.6. The van der Waals surface area contributed by atoms with Gasteiger partial charge >= 0.3 is 12.1 Å². The van der Waals surface area contributed by atoms with E-state index in [4.69, 9.17) is 20.6 Å². The second-order valence-corrected chi connectivity index (χ2v) is 7.86. The third kappa shape index (κ3) is 6.27. The summed E-state index contributed by atoms with van der Waals surface area (Å²) in [5.41, 5.74) is 4.21. The number of benzene rings is 1. The Labute approximate surface area is 153 Å². The molecule has 144 valence electrons. The number of phenolic OH excluding ortho intramolecular Hbond substituents is 1. The van der Waals surface area contributed by atoms with Crippen molar-refractivity contribution in [3.05, 3.63) is 28.8 Å². The van der Waals surface area contributed by atoms with E-state index in [1.54, 1.807) is 41.5 Å². The van der Waals surface area contributed by atoms with E-state index in [0.29, 0.717) is 0 Å². The molecule has 0 atom stereocenters. The summed E-state index contributed by atoms with van der Waals surface area (Å²) < 4.78 is 10.4. The van der Waals surface area contributed by atoms with Crippen LogP contribution in [0, 0.1) is 5.41 Å². The topological polar surface area (TPSA) is 135 Å². The van der Waals surface area contributed by atoms with Crippen LogP contribution in [-0.2, 0) is 16.1 Å². The molecule has 1 aromatic carbocycles. The number of rotatable bonds is 4. The highest BCUT2D eigenvalue weighted by Crippen LogP contribution is 2.29. The molecule has 0 saturated heterocycles. The Hall–Kier alpha value is -2.77. The zero-order chi connectivity index (χ0) is 20.3. The molecule has 5 N–H and O–H groups in total. The number of amidine groups is 1. The van der Waals surface area contributed by atoms with Crippen molar-refractivity contribution in [2.45, 2.75) is 59.3 Å². The molecule has 0 saturated carbocycles. The highest BCUT2D eigenvalue weighted by molar-refractivity contribution is 6.03. The molecule has 0 unspecified atom stereocenters. The summed E-state index contributed by atoms with van der Waals surface area (Å²) in [5.74, 6) is -1.68. The minimum atomic E-state index is -0.798. The fourth-order valence-electron chi connectivity index (χ4n) is 2.01. The van der Waals surface area contributed by atoms with Crippen LogP contribution in [0.5, 0.6) is 5.75 Å². The van der Waals surface area contributed by atoms with Crippen LogP contribution in [0.3, 0.4) is 0 Å². The van der Waals surface area contributed by atoms with Gasteiger partial charge in [0, 0.05) is 11.1 Å². The first-order chi connectivity index (χ1) is 11.7. The lowest BCUT2D eigenvalue weighted by Crippen LogP contribution is -2.40. The Morgan fingerprint density at radius 3 is 2.23 bits per heavy atom. The number of esters is 1. The molecule has 1 amide bonds. The molecule has 0 fully saturated rings. The Bertz CT molecular complexity index is 715. The molecular formula is C18H27N3O5. The summed E-state index contributed by atoms with van der Waals surface area (Å²) in [6.45, 7) is 10.2. The molecule has 1 aromatic rings. The zero-order valence-corrected chi connectivity index (χ0v) is 16.0. The van der Waals surface area contributed by atoms with Crippen molar-refractivity contribution in [3.8, 4) is 5.75 Å². The summed E-state index contributed by atoms with van der Waals surface area (Å²) in [6, 6.07) is 2.84. The van der Waals surface area contributed by atoms with Crippen LogP contribution in [0.4, 0.5) is 4.79 Å². The molecular weight excluding hydrogens is 338 g/mol. The first-order valence-corrected chi connectivity index (χ1v) is 8.09. The average Bonchev–Trinajstić information content (AvgIpc) is 2.40. The third-order valence-electron chi connectivity index (χ3n) is 2.99. The Morgan fingerprint density at radius 1 is 1.19 bits per heavy atom. The van der Waals surface area contributed by atoms with Gasteiger partial charge in [0.05, 0.1) is 5.56 Å². The van der Waals surface area contributed by atoms with E-state index in [2.05, 4.69) is 5.32 Å². The number of nitrogen functional groups attached to an aromatic ring is 1. The maximum absolute atomic E-state index is 12.5. The lowest BCUT2D eigenvalue weighted by atomic mass is 10.0. The standard InChI is InChI=1S/C18H27N3O5/c1-17(2,3)21-16(24)25-9-10-7-8-11(14(19)20)13(22)12(10)15(23)26-18(4,5)6/h7-8,22H,9H2,1-6H3,(H3,19,20)(H,21,24). The minimum absolute atomic E-state index is 0.00578. The number of alkyl carbamates (subject to hydrolysis) is 1. The Morgan fingerprint density at radius 2 is 1.77 bits per heavy atom. The number of aromatic hydroxyl groups is 1. The number of hydrogen-bond acceptors (Lipinski definition) is 6. The Balaban J connectivity index is 3.18. The largest absolute Gasteiger partial charge is 0.506 e. The van der Waals surface area contributed by atoms with Gasteiger partial charge in [0.15, 0.2) is 0 Å². The molecule has 0 aliphatic heterocycles. The number of nitrogens with one attached hydrogen (secondary N) is 2. The van der Waals surface area contributed by atoms with Crippen molar-refractivity contribution < 1.29 is 24.2 Å². The van der Waals surface area contributed by atoms with Crippen molar-refractivity contribution in [1.82, 2.24) is 5.32 Å². The molecule has 26 heavy (non-hydrogen) atoms. The van der Waals surface area contributed by atoms with E-state index in [-0.39, 0.29) is 23.3 Å². The normalized spacial score (nSPS) is 11.6. The maximum atomic E-state index is 12.5. The summed E-state index contributed by atoms with van der Waals surface area (Å²) in [6.07, 6.45) is -0.664. The van der Waals surface area contributed by atoms with Gasteiger partial charge in [0.1, 0.15) is 29.4 Å². The lowest BCUT2D eigenvalue weighted by molar-refractivity contribution is 0.00627. The van der Waals surface area contributed by atoms with Gasteiger partial charge in [-0.3, -0.25) is 5.41 Å². The minimum Gasteiger partial charge on any atom is -0.506 e. The van der Waals surface area contributed by atoms with Gasteiger partial charge in [-0.1, -0.05) is 6.07 Å². The fourth-order valence-corrected chi connectivity index (χ4v) is 2.01. The number of carbonyl (C=O) groups is 2. The molecule has 8 heteroatoms. The molecule has 0 spiro atoms. The number of carbonyl (C=O) groups excluding carboxylic acids is 2. The van der Waals surface area contributed by atoms with Crippen molar-refractivity contribution in [1.29, 1.82) is 5.41 Å². The predicted octanol–water partition coefficient (Wildman–Crippen LogP) is 2.66. The van der Waals surface area contributed by atoms with Crippen LogP contribution >= 0.6 is 0 Å². The van der Waals surface area contributed by atoms with Gasteiger partial charge in [-0.2, -0.15) is 0 Å². The van der Waals surface area contributed by atoms with Gasteiger partial charge in [-0.05, 0) is 47.6 Å². The predicted molar refractivity (Wildman–Crippen MR) is 97.4 cm³/mol. The number of hydrogen-bond donors (Lipinski definition) is 4. The summed E-state index contributed by atoms with van der Waals surface area (Å²) >= 11 is 0. The molecule has 0 heterocycles. The summed E-state index contributed by atoms with van der Waals surface area (Å²) in [5, 5.41) is 20.5. The molecule has 0 bridgehead atoms. The van der Waals surface area contributed by atoms with E-state index >= 15 is 0 Å². The highest BCUT2D eigenvalue weighted by Gasteiger charge is 2.26. The first kappa shape index (κ1) is 21.3. The quantitative estimate of drug-likeness (QED) is 0.368. The lowest BCUT2D eigenvalue weighted by Gasteiger charge is -2.22. The third-order valence-corrected chi connectivity index (χ3v) is 2.99. The Kier molecular flexibility index (Phi) is 6.25. The molecule has 1 rings (SSSR count). The fraction of sp³-hybridized carbons (Fsp3) is 0.500. The zero-order valence-electron chi connectivity index (χ0n) is 16.0. The average molecular weight is 365 g/mol. The van der Waals surface area contributed by atoms with Crippen LogP contribution in [0.1, 0.15) is 63.0 Å². The second kappa shape index (κ2) is 7.63. The van der Waals surface area contributed by atoms with Crippen LogP contribution in [0.25, 0.3) is 0 Å². The molecule has 0 aliphatic rings. The monoisotopic (exact) mass is 365 g/mol. The van der Waals surface area contributed by atoms with Crippen LogP contribution < -0.4 is 11.1 Å². The van der Waals surface area contributed by atoms with Crippen LogP contribution in [-0.4, -0.2) is 34.1 Å². The second-order valence-electron chi connectivity index (χ2n) is 7.86. The smallest absolute Gasteiger partial charge is 0.407 e. The van der Waals surface area contributed by atoms with Crippen LogP contribution in [0.2, 0.25) is 0 Å². The summed E-state index contributed by atoms with van der Waals surface area (Å²) in [4.78, 5) is 24.3. The van der Waals surface area contributed by atoms with Crippen molar-refractivity contribution >= 4 is 17.9 Å². The van der Waals surface area contributed by atoms with E-state index in [1.165, 1.54) is 12.1 Å². The van der Waals surface area contributed by atoms with E-state index in [1.807, 2.05) is 0 Å². The number of phenols is 1. The SMILES string of the molecule is CC(C)(C)NC(=O)OCc1ccc(C(=N)N)c(O)c1C(=O)OC(C)(C)C. The number of amides is 1. The van der Waals surface area contributed by atoms with E-state index in [9.17, 15) is 14.7 Å². The molecule has 0 radical (unpaired) electrons. The van der Waals surface area contributed by atoms with Crippen molar-refractivity contribution in [2.24, 2.45) is 5.73 Å². The van der Waals surface area contributed by atoms with Crippen LogP contribution in [0.15, 0.2) is 12.1 Å². The van der Waals surface area contributed by atoms with Gasteiger partial charge in [-0.15, -0.1) is 0 Å². The first-order valence-electron chi connectivity index (χ1n) is 8.09. The molecule has 0 aromatic heterocycles. The molecule has 0 aliphatic carbocycles. The molecule has 8 nitrogen and oxygen atoms in total.